The van der Waals surface area contributed by atoms with Gasteiger partial charge in [0.05, 0.1) is 24.5 Å². The summed E-state index contributed by atoms with van der Waals surface area (Å²) in [5.74, 6) is -1.40. The van der Waals surface area contributed by atoms with Gasteiger partial charge in [-0.05, 0) is 47.6 Å². The Morgan fingerprint density at radius 1 is 1.00 bits per heavy atom. The molecule has 0 saturated heterocycles. The average Bonchev–Trinajstić information content (AvgIpc) is 2.94. The standard InChI is InChI=1S/C19H25N3O6/c1-18(2,3)27-15(23)11-10-20-22-9-8-12(13(14(11)22)16(24)26-7)21-17(25)28-19(4,5)6/h8-10H,1-7H3,(H,21,25). The summed E-state index contributed by atoms with van der Waals surface area (Å²) in [7, 11) is 1.20. The molecule has 1 N–H and O–H groups in total. The van der Waals surface area contributed by atoms with Crippen molar-refractivity contribution in [3.63, 3.8) is 0 Å². The SMILES string of the molecule is COC(=O)c1c(NC(=O)OC(C)(C)C)ccn2ncc(C(=O)OC(C)(C)C)c12. The lowest BCUT2D eigenvalue weighted by molar-refractivity contribution is 0.00715. The van der Waals surface area contributed by atoms with Crippen LogP contribution in [0, 0.1) is 0 Å². The Bertz CT molecular complexity index is 918. The van der Waals surface area contributed by atoms with Crippen LogP contribution in [0.15, 0.2) is 18.5 Å². The lowest BCUT2D eigenvalue weighted by atomic mass is 10.1. The first kappa shape index (κ1) is 21.2. The van der Waals surface area contributed by atoms with Gasteiger partial charge in [0.15, 0.2) is 0 Å². The Hall–Kier alpha value is -3.10. The maximum atomic E-state index is 12.6. The fourth-order valence-electron chi connectivity index (χ4n) is 2.39. The third-order valence-electron chi connectivity index (χ3n) is 3.33. The number of ether oxygens (including phenoxy) is 3. The summed E-state index contributed by atoms with van der Waals surface area (Å²) >= 11 is 0. The first-order chi connectivity index (χ1) is 12.8. The minimum atomic E-state index is -0.750. The molecule has 9 heteroatoms. The average molecular weight is 391 g/mol. The lowest BCUT2D eigenvalue weighted by Gasteiger charge is -2.21. The zero-order valence-electron chi connectivity index (χ0n) is 17.1. The van der Waals surface area contributed by atoms with Crippen LogP contribution in [0.1, 0.15) is 62.3 Å². The molecule has 0 aromatic carbocycles. The Morgan fingerprint density at radius 3 is 2.14 bits per heavy atom. The van der Waals surface area contributed by atoms with Crippen LogP contribution in [0.4, 0.5) is 10.5 Å². The normalized spacial score (nSPS) is 11.8. The first-order valence-corrected chi connectivity index (χ1v) is 8.64. The van der Waals surface area contributed by atoms with E-state index in [0.29, 0.717) is 0 Å². The number of hydrogen-bond donors (Lipinski definition) is 1. The van der Waals surface area contributed by atoms with E-state index in [9.17, 15) is 14.4 Å². The van der Waals surface area contributed by atoms with Crippen molar-refractivity contribution in [2.24, 2.45) is 0 Å². The summed E-state index contributed by atoms with van der Waals surface area (Å²) in [4.78, 5) is 37.2. The Balaban J connectivity index is 2.57. The maximum absolute atomic E-state index is 12.6. The molecule has 0 aliphatic heterocycles. The second-order valence-electron chi connectivity index (χ2n) is 8.08. The maximum Gasteiger partial charge on any atom is 0.412 e. The number of anilines is 1. The third-order valence-corrected chi connectivity index (χ3v) is 3.33. The van der Waals surface area contributed by atoms with E-state index in [1.54, 1.807) is 41.5 Å². The number of fused-ring (bicyclic) bond motifs is 1. The molecule has 1 amide bonds. The number of esters is 2. The summed E-state index contributed by atoms with van der Waals surface area (Å²) < 4.78 is 16.8. The molecule has 0 aliphatic carbocycles. The Morgan fingerprint density at radius 2 is 1.61 bits per heavy atom. The highest BCUT2D eigenvalue weighted by molar-refractivity contribution is 6.10. The quantitative estimate of drug-likeness (QED) is 0.631. The van der Waals surface area contributed by atoms with E-state index in [1.165, 1.54) is 30.1 Å². The minimum absolute atomic E-state index is 0.0331. The molecule has 0 saturated carbocycles. The number of carbonyl (C=O) groups is 3. The number of nitrogens with one attached hydrogen (secondary N) is 1. The van der Waals surface area contributed by atoms with Crippen molar-refractivity contribution in [3.05, 3.63) is 29.6 Å². The highest BCUT2D eigenvalue weighted by Gasteiger charge is 2.28. The highest BCUT2D eigenvalue weighted by atomic mass is 16.6. The predicted molar refractivity (Wildman–Crippen MR) is 102 cm³/mol. The van der Waals surface area contributed by atoms with Crippen molar-refractivity contribution in [1.29, 1.82) is 0 Å². The van der Waals surface area contributed by atoms with Gasteiger partial charge in [0.2, 0.25) is 0 Å². The molecule has 28 heavy (non-hydrogen) atoms. The van der Waals surface area contributed by atoms with E-state index in [0.717, 1.165) is 0 Å². The smallest absolute Gasteiger partial charge is 0.412 e. The summed E-state index contributed by atoms with van der Waals surface area (Å²) in [6, 6.07) is 1.47. The molecule has 0 bridgehead atoms. The van der Waals surface area contributed by atoms with E-state index in [4.69, 9.17) is 14.2 Å². The van der Waals surface area contributed by atoms with E-state index in [2.05, 4.69) is 10.4 Å². The largest absolute Gasteiger partial charge is 0.465 e. The van der Waals surface area contributed by atoms with Gasteiger partial charge in [-0.15, -0.1) is 0 Å². The van der Waals surface area contributed by atoms with Gasteiger partial charge in [-0.2, -0.15) is 5.10 Å². The molecule has 2 heterocycles. The number of amides is 1. The van der Waals surface area contributed by atoms with Gasteiger partial charge in [0.1, 0.15) is 22.3 Å². The van der Waals surface area contributed by atoms with Gasteiger partial charge in [-0.25, -0.2) is 18.9 Å². The molecule has 152 valence electrons. The van der Waals surface area contributed by atoms with Gasteiger partial charge in [-0.1, -0.05) is 0 Å². The second-order valence-corrected chi connectivity index (χ2v) is 8.08. The molecule has 0 fully saturated rings. The number of pyridine rings is 1. The zero-order chi connectivity index (χ0) is 21.3. The van der Waals surface area contributed by atoms with Crippen LogP contribution in [0.3, 0.4) is 0 Å². The summed E-state index contributed by atoms with van der Waals surface area (Å²) in [5, 5.41) is 6.61. The molecule has 2 aromatic heterocycles. The number of nitrogens with zero attached hydrogens (tertiary/aromatic N) is 2. The number of methoxy groups -OCH3 is 1. The van der Waals surface area contributed by atoms with Crippen LogP contribution in [0.25, 0.3) is 5.52 Å². The van der Waals surface area contributed by atoms with Gasteiger partial charge < -0.3 is 14.2 Å². The van der Waals surface area contributed by atoms with Gasteiger partial charge in [0.25, 0.3) is 0 Å². The van der Waals surface area contributed by atoms with Crippen LogP contribution < -0.4 is 5.32 Å². The van der Waals surface area contributed by atoms with Crippen molar-refractivity contribution in [3.8, 4) is 0 Å². The minimum Gasteiger partial charge on any atom is -0.465 e. The molecule has 2 rings (SSSR count). The topological polar surface area (TPSA) is 108 Å². The summed E-state index contributed by atoms with van der Waals surface area (Å²) in [5.41, 5.74) is -1.13. The molecule has 0 aliphatic rings. The van der Waals surface area contributed by atoms with Crippen molar-refractivity contribution in [2.75, 3.05) is 12.4 Å². The molecule has 2 aromatic rings. The predicted octanol–water partition coefficient (Wildman–Crippen LogP) is 3.42. The van der Waals surface area contributed by atoms with Crippen LogP contribution in [-0.2, 0) is 14.2 Å². The van der Waals surface area contributed by atoms with E-state index < -0.39 is 29.2 Å². The van der Waals surface area contributed by atoms with Crippen molar-refractivity contribution in [2.45, 2.75) is 52.7 Å². The molecule has 0 radical (unpaired) electrons. The number of aromatic nitrogens is 2. The highest BCUT2D eigenvalue weighted by Crippen LogP contribution is 2.27. The third kappa shape index (κ3) is 4.99. The Labute approximate surface area is 162 Å². The van der Waals surface area contributed by atoms with Crippen molar-refractivity contribution < 1.29 is 28.6 Å². The Kier molecular flexibility index (Phi) is 5.67. The molecule has 9 nitrogen and oxygen atoms in total. The summed E-state index contributed by atoms with van der Waals surface area (Å²) in [6.07, 6.45) is 2.05. The fourth-order valence-corrected chi connectivity index (χ4v) is 2.39. The number of rotatable bonds is 3. The monoisotopic (exact) mass is 391 g/mol. The van der Waals surface area contributed by atoms with E-state index >= 15 is 0 Å². The first-order valence-electron chi connectivity index (χ1n) is 8.64. The van der Waals surface area contributed by atoms with Crippen LogP contribution in [0.2, 0.25) is 0 Å². The summed E-state index contributed by atoms with van der Waals surface area (Å²) in [6.45, 7) is 10.3. The van der Waals surface area contributed by atoms with Gasteiger partial charge in [-0.3, -0.25) is 5.32 Å². The molecule has 0 unspecified atom stereocenters. The molecule has 0 spiro atoms. The zero-order valence-corrected chi connectivity index (χ0v) is 17.1. The van der Waals surface area contributed by atoms with Crippen LogP contribution in [0.5, 0.6) is 0 Å². The van der Waals surface area contributed by atoms with E-state index in [-0.39, 0.29) is 22.3 Å². The van der Waals surface area contributed by atoms with E-state index in [1.807, 2.05) is 0 Å². The van der Waals surface area contributed by atoms with Crippen LogP contribution >= 0.6 is 0 Å². The van der Waals surface area contributed by atoms with Crippen molar-refractivity contribution in [1.82, 2.24) is 9.61 Å². The number of carbonyl (C=O) groups excluding carboxylic acids is 3. The molecular formula is C19H25N3O6. The number of hydrogen-bond acceptors (Lipinski definition) is 7. The molecule has 0 atom stereocenters. The van der Waals surface area contributed by atoms with Gasteiger partial charge >= 0.3 is 18.0 Å². The second kappa shape index (κ2) is 7.49. The fraction of sp³-hybridized carbons (Fsp3) is 0.474. The van der Waals surface area contributed by atoms with Crippen LogP contribution in [-0.4, -0.2) is 46.0 Å². The lowest BCUT2D eigenvalue weighted by Crippen LogP contribution is -2.28. The van der Waals surface area contributed by atoms with Gasteiger partial charge in [0, 0.05) is 6.20 Å². The molecular weight excluding hydrogens is 366 g/mol. The van der Waals surface area contributed by atoms with Crippen molar-refractivity contribution >= 4 is 29.2 Å².